The number of likely N-dealkylation sites (tertiary alicyclic amines) is 1. The predicted octanol–water partition coefficient (Wildman–Crippen LogP) is -0.673. The number of rotatable bonds is 6. The third-order valence-electron chi connectivity index (χ3n) is 4.90. The van der Waals surface area contributed by atoms with E-state index < -0.39 is 17.2 Å². The Morgan fingerprint density at radius 2 is 2.00 bits per heavy atom. The number of amides is 1. The fourth-order valence-electron chi connectivity index (χ4n) is 3.55. The average molecular weight is 416 g/mol. The van der Waals surface area contributed by atoms with E-state index in [4.69, 9.17) is 0 Å². The summed E-state index contributed by atoms with van der Waals surface area (Å²) in [6.07, 6.45) is 4.59. The number of thiophene rings is 1. The molecular formula is C19H26KN3O3S. The van der Waals surface area contributed by atoms with Crippen molar-refractivity contribution in [2.45, 2.75) is 45.6 Å². The van der Waals surface area contributed by atoms with Crippen molar-refractivity contribution in [3.8, 4) is 5.88 Å². The molecule has 1 saturated heterocycles. The molecule has 0 bridgehead atoms. The van der Waals surface area contributed by atoms with Crippen LogP contribution in [-0.2, 0) is 0 Å². The Hall–Kier alpha value is -0.224. The Kier molecular flexibility index (Phi) is 8.99. The molecule has 1 N–H and O–H groups in total. The molecule has 27 heavy (non-hydrogen) atoms. The van der Waals surface area contributed by atoms with E-state index in [1.54, 1.807) is 16.0 Å². The fraction of sp³-hybridized carbons (Fsp3) is 0.579. The van der Waals surface area contributed by atoms with Gasteiger partial charge in [-0.15, -0.1) is 11.3 Å². The summed E-state index contributed by atoms with van der Waals surface area (Å²) in [6.45, 7) is 7.40. The molecular weight excluding hydrogens is 389 g/mol. The van der Waals surface area contributed by atoms with E-state index in [1.807, 2.05) is 13.8 Å². The van der Waals surface area contributed by atoms with Crippen molar-refractivity contribution in [3.05, 3.63) is 27.2 Å². The van der Waals surface area contributed by atoms with E-state index in [0.717, 1.165) is 26.1 Å². The molecule has 2 aromatic rings. The Bertz CT molecular complexity index is 841. The first kappa shape index (κ1) is 23.1. The van der Waals surface area contributed by atoms with Crippen molar-refractivity contribution in [2.24, 2.45) is 0 Å². The van der Waals surface area contributed by atoms with Gasteiger partial charge < -0.3 is 19.9 Å². The molecule has 0 atom stereocenters. The number of pyridine rings is 1. The van der Waals surface area contributed by atoms with Crippen molar-refractivity contribution >= 4 is 27.5 Å². The summed E-state index contributed by atoms with van der Waals surface area (Å²) in [7, 11) is 0. The molecule has 0 aromatic carbocycles. The molecule has 0 spiro atoms. The summed E-state index contributed by atoms with van der Waals surface area (Å²) >= 11 is 1.35. The number of hydrogen-bond acceptors (Lipinski definition) is 5. The Balaban J connectivity index is 0.00000261. The van der Waals surface area contributed by atoms with Gasteiger partial charge in [0.15, 0.2) is 0 Å². The zero-order chi connectivity index (χ0) is 18.7. The van der Waals surface area contributed by atoms with E-state index in [2.05, 4.69) is 10.2 Å². The molecule has 1 aliphatic rings. The maximum absolute atomic E-state index is 12.8. The third-order valence-corrected chi connectivity index (χ3v) is 5.81. The number of carbonyl (C=O) groups is 1. The van der Waals surface area contributed by atoms with Gasteiger partial charge in [0.2, 0.25) is 5.43 Å². The first-order valence-corrected chi connectivity index (χ1v) is 10.2. The number of hydrogen-bond donors (Lipinski definition) is 1. The van der Waals surface area contributed by atoms with Crippen LogP contribution in [0.1, 0.15) is 55.9 Å². The zero-order valence-corrected chi connectivity index (χ0v) is 20.4. The van der Waals surface area contributed by atoms with Crippen LogP contribution in [0.3, 0.4) is 0 Å². The molecule has 6 nitrogen and oxygen atoms in total. The van der Waals surface area contributed by atoms with Crippen LogP contribution in [0.2, 0.25) is 0 Å². The normalized spacial score (nSPS) is 15.1. The standard InChI is InChI=1S/C19H27N3O3S.K/c1-13(2)22-18(25)15(16(23)14-7-12-26-19(14)22)17(24)20-8-6-11-21-9-4-3-5-10-21;/h7,12-13,25H,3-6,8-11H2,1-2H3,(H,20,24);/q;+1/p-1. The molecule has 0 unspecified atom stereocenters. The number of fused-ring (bicyclic) bond motifs is 1. The summed E-state index contributed by atoms with van der Waals surface area (Å²) < 4.78 is 1.55. The molecule has 0 aliphatic carbocycles. The van der Waals surface area contributed by atoms with Gasteiger partial charge in [-0.25, -0.2) is 0 Å². The summed E-state index contributed by atoms with van der Waals surface area (Å²) in [5.74, 6) is -1.05. The molecule has 3 rings (SSSR count). The van der Waals surface area contributed by atoms with Crippen LogP contribution < -0.4 is 67.2 Å². The van der Waals surface area contributed by atoms with E-state index in [9.17, 15) is 14.7 Å². The Labute approximate surface area is 206 Å². The van der Waals surface area contributed by atoms with Crippen molar-refractivity contribution in [2.75, 3.05) is 26.2 Å². The van der Waals surface area contributed by atoms with Crippen LogP contribution in [-0.4, -0.2) is 41.6 Å². The van der Waals surface area contributed by atoms with E-state index in [-0.39, 0.29) is 63.0 Å². The number of carbonyl (C=O) groups excluding carboxylic acids is 1. The van der Waals surface area contributed by atoms with Gasteiger partial charge in [0, 0.05) is 12.6 Å². The second-order valence-electron chi connectivity index (χ2n) is 7.12. The summed E-state index contributed by atoms with van der Waals surface area (Å²) in [6, 6.07) is 1.57. The minimum Gasteiger partial charge on any atom is -0.859 e. The van der Waals surface area contributed by atoms with Gasteiger partial charge in [-0.2, -0.15) is 0 Å². The number of aromatic nitrogens is 1. The maximum Gasteiger partial charge on any atom is 1.00 e. The number of nitrogens with one attached hydrogen (secondary N) is 1. The second-order valence-corrected chi connectivity index (χ2v) is 8.02. The van der Waals surface area contributed by atoms with Crippen molar-refractivity contribution in [3.63, 3.8) is 0 Å². The Morgan fingerprint density at radius 1 is 1.30 bits per heavy atom. The zero-order valence-electron chi connectivity index (χ0n) is 16.4. The van der Waals surface area contributed by atoms with E-state index >= 15 is 0 Å². The summed E-state index contributed by atoms with van der Waals surface area (Å²) in [5, 5.41) is 17.8. The van der Waals surface area contributed by atoms with Gasteiger partial charge in [0.05, 0.1) is 10.9 Å². The number of nitrogens with zero attached hydrogens (tertiary/aromatic N) is 2. The van der Waals surface area contributed by atoms with Crippen LogP contribution in [0.15, 0.2) is 16.2 Å². The maximum atomic E-state index is 12.8. The quantitative estimate of drug-likeness (QED) is 0.501. The monoisotopic (exact) mass is 415 g/mol. The SMILES string of the molecule is CC(C)n1c([O-])c(C(=O)NCCCN2CCCCC2)c(=O)c2ccsc21.[K+]. The molecule has 142 valence electrons. The molecule has 0 radical (unpaired) electrons. The molecule has 2 aromatic heterocycles. The van der Waals surface area contributed by atoms with E-state index in [1.165, 1.54) is 30.6 Å². The molecule has 1 aliphatic heterocycles. The summed E-state index contributed by atoms with van der Waals surface area (Å²) in [4.78, 5) is 28.2. The van der Waals surface area contributed by atoms with Gasteiger partial charge in [0.25, 0.3) is 5.91 Å². The van der Waals surface area contributed by atoms with Gasteiger partial charge in [0.1, 0.15) is 4.83 Å². The predicted molar refractivity (Wildman–Crippen MR) is 103 cm³/mol. The first-order chi connectivity index (χ1) is 12.5. The largest absolute Gasteiger partial charge is 1.00 e. The summed E-state index contributed by atoms with van der Waals surface area (Å²) in [5.41, 5.74) is -0.723. The third kappa shape index (κ3) is 5.23. The topological polar surface area (TPSA) is 77.4 Å². The van der Waals surface area contributed by atoms with Crippen LogP contribution >= 0.6 is 11.3 Å². The van der Waals surface area contributed by atoms with Gasteiger partial charge in [-0.1, -0.05) is 6.42 Å². The smallest absolute Gasteiger partial charge is 0.859 e. The van der Waals surface area contributed by atoms with Crippen molar-refractivity contribution in [1.29, 1.82) is 0 Å². The van der Waals surface area contributed by atoms with Gasteiger partial charge in [-0.3, -0.25) is 9.59 Å². The Morgan fingerprint density at radius 3 is 2.67 bits per heavy atom. The van der Waals surface area contributed by atoms with Crippen LogP contribution in [0.5, 0.6) is 5.88 Å². The van der Waals surface area contributed by atoms with Crippen LogP contribution in [0.25, 0.3) is 10.2 Å². The van der Waals surface area contributed by atoms with Gasteiger partial charge in [-0.05, 0) is 70.1 Å². The van der Waals surface area contributed by atoms with Crippen molar-refractivity contribution < 1.29 is 61.3 Å². The van der Waals surface area contributed by atoms with Gasteiger partial charge >= 0.3 is 51.4 Å². The average Bonchev–Trinajstić information content (AvgIpc) is 3.09. The van der Waals surface area contributed by atoms with Crippen LogP contribution in [0, 0.1) is 0 Å². The van der Waals surface area contributed by atoms with Crippen molar-refractivity contribution in [1.82, 2.24) is 14.8 Å². The fourth-order valence-corrected chi connectivity index (χ4v) is 4.58. The molecule has 3 heterocycles. The minimum absolute atomic E-state index is 0. The number of piperidine rings is 1. The molecule has 1 fully saturated rings. The molecule has 1 amide bonds. The first-order valence-electron chi connectivity index (χ1n) is 9.34. The second kappa shape index (κ2) is 10.5. The molecule has 0 saturated carbocycles. The van der Waals surface area contributed by atoms with E-state index in [0.29, 0.717) is 16.8 Å². The minimum atomic E-state index is -0.554. The molecule has 8 heteroatoms. The van der Waals surface area contributed by atoms with Crippen LogP contribution in [0.4, 0.5) is 0 Å².